The van der Waals surface area contributed by atoms with E-state index in [1.807, 2.05) is 6.92 Å². The number of hydrogen-bond donors (Lipinski definition) is 2. The third-order valence-electron chi connectivity index (χ3n) is 2.71. The van der Waals surface area contributed by atoms with E-state index in [-0.39, 0.29) is 5.91 Å². The van der Waals surface area contributed by atoms with E-state index in [0.29, 0.717) is 27.9 Å². The third kappa shape index (κ3) is 3.40. The van der Waals surface area contributed by atoms with Crippen molar-refractivity contribution in [3.8, 4) is 0 Å². The maximum Gasteiger partial charge on any atom is 0.287 e. The first kappa shape index (κ1) is 14.6. The minimum absolute atomic E-state index is 0.300. The molecule has 1 aromatic carbocycles. The molecule has 0 atom stereocenters. The summed E-state index contributed by atoms with van der Waals surface area (Å²) in [5.74, 6) is -0.300. The molecule has 1 heterocycles. The average molecular weight is 310 g/mol. The highest BCUT2D eigenvalue weighted by atomic mass is 35.5. The smallest absolute Gasteiger partial charge is 0.287 e. The SMILES string of the molecule is CC/C(=N/NC(=O)c1ccc[nH]1)c1ccc(Cl)cc1Cl. The number of hydrogen-bond acceptors (Lipinski definition) is 2. The van der Waals surface area contributed by atoms with Crippen LogP contribution in [0.25, 0.3) is 0 Å². The van der Waals surface area contributed by atoms with Crippen LogP contribution in [0, 0.1) is 0 Å². The third-order valence-corrected chi connectivity index (χ3v) is 3.26. The Morgan fingerprint density at radius 1 is 1.35 bits per heavy atom. The Morgan fingerprint density at radius 2 is 2.15 bits per heavy atom. The summed E-state index contributed by atoms with van der Waals surface area (Å²) in [6, 6.07) is 8.59. The normalized spacial score (nSPS) is 11.4. The van der Waals surface area contributed by atoms with Crippen molar-refractivity contribution in [1.82, 2.24) is 10.4 Å². The number of rotatable bonds is 4. The second-order valence-electron chi connectivity index (χ2n) is 4.06. The van der Waals surface area contributed by atoms with Crippen molar-refractivity contribution in [2.75, 3.05) is 0 Å². The van der Waals surface area contributed by atoms with Gasteiger partial charge in [-0.3, -0.25) is 4.79 Å². The van der Waals surface area contributed by atoms with E-state index >= 15 is 0 Å². The van der Waals surface area contributed by atoms with Crippen LogP contribution in [-0.4, -0.2) is 16.6 Å². The molecule has 0 fully saturated rings. The van der Waals surface area contributed by atoms with Crippen molar-refractivity contribution in [2.45, 2.75) is 13.3 Å². The van der Waals surface area contributed by atoms with Gasteiger partial charge in [0, 0.05) is 16.8 Å². The van der Waals surface area contributed by atoms with Gasteiger partial charge in [-0.2, -0.15) is 5.10 Å². The molecule has 0 aliphatic carbocycles. The second kappa shape index (κ2) is 6.59. The standard InChI is InChI=1S/C14H13Cl2N3O/c1-2-12(10-6-5-9(15)8-11(10)16)18-19-14(20)13-4-3-7-17-13/h3-8,17H,2H2,1H3,(H,19,20)/b18-12-. The lowest BCUT2D eigenvalue weighted by Gasteiger charge is -2.07. The van der Waals surface area contributed by atoms with E-state index in [0.717, 1.165) is 5.56 Å². The van der Waals surface area contributed by atoms with E-state index in [4.69, 9.17) is 23.2 Å². The lowest BCUT2D eigenvalue weighted by Crippen LogP contribution is -2.20. The number of aromatic amines is 1. The van der Waals surface area contributed by atoms with Gasteiger partial charge in [0.1, 0.15) is 5.69 Å². The van der Waals surface area contributed by atoms with E-state index in [9.17, 15) is 4.79 Å². The van der Waals surface area contributed by atoms with Crippen molar-refractivity contribution in [2.24, 2.45) is 5.10 Å². The van der Waals surface area contributed by atoms with Crippen molar-refractivity contribution in [3.63, 3.8) is 0 Å². The molecule has 2 rings (SSSR count). The van der Waals surface area contributed by atoms with Crippen LogP contribution in [-0.2, 0) is 0 Å². The quantitative estimate of drug-likeness (QED) is 0.654. The van der Waals surface area contributed by atoms with Crippen LogP contribution in [0.1, 0.15) is 29.4 Å². The van der Waals surface area contributed by atoms with Gasteiger partial charge in [0.15, 0.2) is 0 Å². The molecule has 1 aromatic heterocycles. The second-order valence-corrected chi connectivity index (χ2v) is 4.90. The summed E-state index contributed by atoms with van der Waals surface area (Å²) in [6.45, 7) is 1.94. The number of carbonyl (C=O) groups is 1. The number of amides is 1. The highest BCUT2D eigenvalue weighted by Crippen LogP contribution is 2.22. The highest BCUT2D eigenvalue weighted by molar-refractivity contribution is 6.37. The predicted octanol–water partition coefficient (Wildman–Crippen LogP) is 3.87. The van der Waals surface area contributed by atoms with Crippen LogP contribution in [0.5, 0.6) is 0 Å². The first-order valence-corrected chi connectivity index (χ1v) is 6.83. The molecule has 0 radical (unpaired) electrons. The first-order chi connectivity index (χ1) is 9.61. The number of halogens is 2. The van der Waals surface area contributed by atoms with Crippen molar-refractivity contribution in [3.05, 3.63) is 57.8 Å². The molecule has 4 nitrogen and oxygen atoms in total. The Bertz CT molecular complexity index is 636. The van der Waals surface area contributed by atoms with E-state index in [1.54, 1.807) is 36.5 Å². The maximum atomic E-state index is 11.8. The predicted molar refractivity (Wildman–Crippen MR) is 81.5 cm³/mol. The van der Waals surface area contributed by atoms with E-state index in [1.165, 1.54) is 0 Å². The molecule has 0 aliphatic heterocycles. The monoisotopic (exact) mass is 309 g/mol. The van der Waals surface area contributed by atoms with Gasteiger partial charge in [-0.1, -0.05) is 36.2 Å². The van der Waals surface area contributed by atoms with Gasteiger partial charge in [-0.25, -0.2) is 5.43 Å². The minimum Gasteiger partial charge on any atom is -0.357 e. The number of carbonyl (C=O) groups excluding carboxylic acids is 1. The molecular weight excluding hydrogens is 297 g/mol. The number of hydrazone groups is 1. The van der Waals surface area contributed by atoms with Crippen LogP contribution in [0.3, 0.4) is 0 Å². The topological polar surface area (TPSA) is 57.2 Å². The summed E-state index contributed by atoms with van der Waals surface area (Å²) in [4.78, 5) is 14.6. The van der Waals surface area contributed by atoms with Crippen molar-refractivity contribution in [1.29, 1.82) is 0 Å². The fraction of sp³-hybridized carbons (Fsp3) is 0.143. The van der Waals surface area contributed by atoms with Gasteiger partial charge in [-0.05, 0) is 30.7 Å². The molecule has 2 N–H and O–H groups in total. The lowest BCUT2D eigenvalue weighted by molar-refractivity contribution is 0.0950. The van der Waals surface area contributed by atoms with Gasteiger partial charge in [0.2, 0.25) is 0 Å². The Morgan fingerprint density at radius 3 is 2.75 bits per heavy atom. The number of benzene rings is 1. The summed E-state index contributed by atoms with van der Waals surface area (Å²) in [7, 11) is 0. The molecule has 104 valence electrons. The summed E-state index contributed by atoms with van der Waals surface area (Å²) < 4.78 is 0. The fourth-order valence-electron chi connectivity index (χ4n) is 1.70. The first-order valence-electron chi connectivity index (χ1n) is 6.07. The summed E-state index contributed by atoms with van der Waals surface area (Å²) in [5.41, 5.74) is 4.39. The molecule has 0 saturated carbocycles. The van der Waals surface area contributed by atoms with E-state index in [2.05, 4.69) is 15.5 Å². The molecule has 6 heteroatoms. The van der Waals surface area contributed by atoms with Crippen LogP contribution < -0.4 is 5.43 Å². The number of H-pyrrole nitrogens is 1. The number of aromatic nitrogens is 1. The molecule has 0 bridgehead atoms. The van der Waals surface area contributed by atoms with Gasteiger partial charge in [-0.15, -0.1) is 0 Å². The van der Waals surface area contributed by atoms with Crippen molar-refractivity contribution < 1.29 is 4.79 Å². The van der Waals surface area contributed by atoms with Crippen LogP contribution in [0.4, 0.5) is 0 Å². The molecular formula is C14H13Cl2N3O. The Labute approximate surface area is 126 Å². The summed E-state index contributed by atoms with van der Waals surface area (Å²) in [6.07, 6.45) is 2.31. The van der Waals surface area contributed by atoms with Gasteiger partial charge in [0.05, 0.1) is 10.7 Å². The maximum absolute atomic E-state index is 11.8. The molecule has 0 aliphatic rings. The van der Waals surface area contributed by atoms with Crippen LogP contribution in [0.15, 0.2) is 41.6 Å². The van der Waals surface area contributed by atoms with Gasteiger partial charge >= 0.3 is 0 Å². The zero-order valence-corrected chi connectivity index (χ0v) is 12.3. The highest BCUT2D eigenvalue weighted by Gasteiger charge is 2.09. The van der Waals surface area contributed by atoms with E-state index < -0.39 is 0 Å². The zero-order chi connectivity index (χ0) is 14.5. The zero-order valence-electron chi connectivity index (χ0n) is 10.8. The van der Waals surface area contributed by atoms with Crippen molar-refractivity contribution >= 4 is 34.8 Å². The lowest BCUT2D eigenvalue weighted by atomic mass is 10.1. The number of nitrogens with one attached hydrogen (secondary N) is 2. The molecule has 0 saturated heterocycles. The molecule has 0 unspecified atom stereocenters. The van der Waals surface area contributed by atoms with Gasteiger partial charge < -0.3 is 4.98 Å². The largest absolute Gasteiger partial charge is 0.357 e. The van der Waals surface area contributed by atoms with Gasteiger partial charge in [0.25, 0.3) is 5.91 Å². The molecule has 0 spiro atoms. The summed E-state index contributed by atoms with van der Waals surface area (Å²) in [5, 5.41) is 5.19. The molecule has 20 heavy (non-hydrogen) atoms. The molecule has 1 amide bonds. The van der Waals surface area contributed by atoms with Crippen LogP contribution in [0.2, 0.25) is 10.0 Å². The Kier molecular flexibility index (Phi) is 4.82. The fourth-order valence-corrected chi connectivity index (χ4v) is 2.22. The Balaban J connectivity index is 2.19. The average Bonchev–Trinajstić information content (AvgIpc) is 2.95. The number of nitrogens with zero attached hydrogens (tertiary/aromatic N) is 1. The summed E-state index contributed by atoms with van der Waals surface area (Å²) >= 11 is 12.0. The minimum atomic E-state index is -0.300. The molecule has 2 aromatic rings. The Hall–Kier alpha value is -1.78. The van der Waals surface area contributed by atoms with Crippen LogP contribution >= 0.6 is 23.2 Å².